The molecule has 1 amide bonds. The first-order chi connectivity index (χ1) is 13.6. The number of nitrogens with one attached hydrogen (secondary N) is 1. The van der Waals surface area contributed by atoms with Gasteiger partial charge in [0.2, 0.25) is 5.91 Å². The van der Waals surface area contributed by atoms with Gasteiger partial charge in [-0.3, -0.25) is 4.79 Å². The molecule has 0 atom stereocenters. The number of morpholine rings is 1. The number of methoxy groups -OCH3 is 1. The van der Waals surface area contributed by atoms with E-state index in [2.05, 4.69) is 10.2 Å². The van der Waals surface area contributed by atoms with Crippen molar-refractivity contribution in [2.75, 3.05) is 43.6 Å². The van der Waals surface area contributed by atoms with Gasteiger partial charge in [-0.05, 0) is 43.5 Å². The fourth-order valence-electron chi connectivity index (χ4n) is 4.51. The summed E-state index contributed by atoms with van der Waals surface area (Å²) in [6.07, 6.45) is 3.92. The maximum absolute atomic E-state index is 12.5. The van der Waals surface area contributed by atoms with Crippen LogP contribution in [0.25, 0.3) is 0 Å². The van der Waals surface area contributed by atoms with Crippen molar-refractivity contribution in [3.8, 4) is 11.7 Å². The molecule has 4 fully saturated rings. The third kappa shape index (κ3) is 2.95. The number of carbonyl (C=O) groups excluding carboxylic acids is 1. The third-order valence-electron chi connectivity index (χ3n) is 6.16. The third-order valence-corrected chi connectivity index (χ3v) is 6.16. The van der Waals surface area contributed by atoms with Gasteiger partial charge < -0.3 is 28.8 Å². The van der Waals surface area contributed by atoms with Crippen molar-refractivity contribution in [2.24, 2.45) is 5.41 Å². The van der Waals surface area contributed by atoms with E-state index in [-0.39, 0.29) is 16.9 Å². The predicted molar refractivity (Wildman–Crippen MR) is 103 cm³/mol. The molecule has 1 aliphatic heterocycles. The summed E-state index contributed by atoms with van der Waals surface area (Å²) in [5.74, 6) is 1.07. The van der Waals surface area contributed by atoms with Crippen LogP contribution in [0, 0.1) is 5.41 Å². The zero-order valence-corrected chi connectivity index (χ0v) is 15.9. The molecule has 0 unspecified atom stereocenters. The highest BCUT2D eigenvalue weighted by atomic mass is 16.6. The lowest BCUT2D eigenvalue weighted by atomic mass is 9.40. The van der Waals surface area contributed by atoms with Gasteiger partial charge in [0.05, 0.1) is 29.9 Å². The average molecular weight is 384 g/mol. The van der Waals surface area contributed by atoms with Gasteiger partial charge in [-0.2, -0.15) is 0 Å². The number of ether oxygens (including phenoxy) is 3. The van der Waals surface area contributed by atoms with E-state index >= 15 is 0 Å². The maximum Gasteiger partial charge on any atom is 0.291 e. The Labute approximate surface area is 163 Å². The highest BCUT2D eigenvalue weighted by Gasteiger charge is 2.72. The molecular weight excluding hydrogens is 360 g/mol. The van der Waals surface area contributed by atoms with Crippen LogP contribution < -0.4 is 15.0 Å². The minimum Gasteiger partial charge on any atom is -0.432 e. The second-order valence-electron chi connectivity index (χ2n) is 8.00. The van der Waals surface area contributed by atoms with Crippen molar-refractivity contribution in [1.82, 2.24) is 0 Å². The van der Waals surface area contributed by atoms with Crippen LogP contribution in [0.5, 0.6) is 11.7 Å². The number of nitrogens with zero attached hydrogens (tertiary/aromatic N) is 1. The van der Waals surface area contributed by atoms with E-state index in [1.165, 1.54) is 6.26 Å². The number of amides is 1. The predicted octanol–water partition coefficient (Wildman–Crippen LogP) is 3.42. The fourth-order valence-corrected chi connectivity index (χ4v) is 4.51. The molecule has 7 nitrogen and oxygen atoms in total. The van der Waals surface area contributed by atoms with Crippen molar-refractivity contribution >= 4 is 17.3 Å². The monoisotopic (exact) mass is 384 g/mol. The topological polar surface area (TPSA) is 73.2 Å². The molecule has 3 saturated carbocycles. The molecule has 1 saturated heterocycles. The standard InChI is InChI=1S/C21H24N2O5/c1-25-21-12-20(13-21,14-21)19(24)22-15-10-18(27-11-15)28-17-4-2-16(3-5-17)23-6-8-26-9-7-23/h2-5,10-11H,6-9,12-14H2,1H3,(H,22,24). The van der Waals surface area contributed by atoms with Crippen LogP contribution in [0.1, 0.15) is 19.3 Å². The number of benzene rings is 1. The summed E-state index contributed by atoms with van der Waals surface area (Å²) in [5, 5.41) is 2.94. The van der Waals surface area contributed by atoms with E-state index in [1.807, 2.05) is 24.3 Å². The molecule has 1 aromatic heterocycles. The molecule has 2 aromatic rings. The number of anilines is 2. The maximum atomic E-state index is 12.5. The minimum absolute atomic E-state index is 0.0358. The quantitative estimate of drug-likeness (QED) is 0.823. The summed E-state index contributed by atoms with van der Waals surface area (Å²) >= 11 is 0. The molecule has 4 aliphatic rings. The van der Waals surface area contributed by atoms with E-state index < -0.39 is 0 Å². The SMILES string of the molecule is COC12CC(C(=O)Nc3coc(Oc4ccc(N5CCOCC5)cc4)c3)(C1)C2. The minimum atomic E-state index is -0.260. The van der Waals surface area contributed by atoms with Crippen LogP contribution in [0.3, 0.4) is 0 Å². The first-order valence-electron chi connectivity index (χ1n) is 9.66. The lowest BCUT2D eigenvalue weighted by Crippen LogP contribution is -2.72. The van der Waals surface area contributed by atoms with Crippen molar-refractivity contribution in [3.63, 3.8) is 0 Å². The van der Waals surface area contributed by atoms with Crippen LogP contribution in [-0.2, 0) is 14.3 Å². The van der Waals surface area contributed by atoms with E-state index in [9.17, 15) is 4.79 Å². The molecule has 0 radical (unpaired) electrons. The van der Waals surface area contributed by atoms with Gasteiger partial charge in [-0.1, -0.05) is 0 Å². The van der Waals surface area contributed by atoms with Crippen molar-refractivity contribution in [1.29, 1.82) is 0 Å². The first kappa shape index (κ1) is 17.6. The molecule has 1 aromatic carbocycles. The lowest BCUT2D eigenvalue weighted by Gasteiger charge is -2.67. The lowest BCUT2D eigenvalue weighted by molar-refractivity contribution is -0.260. The first-order valence-corrected chi connectivity index (χ1v) is 9.66. The summed E-state index contributed by atoms with van der Waals surface area (Å²) in [6.45, 7) is 3.31. The highest BCUT2D eigenvalue weighted by Crippen LogP contribution is 2.69. The number of furan rings is 1. The summed E-state index contributed by atoms with van der Waals surface area (Å²) in [6, 6.07) is 9.59. The Hall–Kier alpha value is -2.51. The number of carbonyl (C=O) groups is 1. The summed E-state index contributed by atoms with van der Waals surface area (Å²) in [4.78, 5) is 14.8. The van der Waals surface area contributed by atoms with Crippen LogP contribution in [-0.4, -0.2) is 44.9 Å². The molecule has 3 aliphatic carbocycles. The van der Waals surface area contributed by atoms with Gasteiger partial charge in [0.25, 0.3) is 5.95 Å². The normalized spacial score (nSPS) is 28.2. The zero-order chi connectivity index (χ0) is 19.2. The second kappa shape index (κ2) is 6.53. The van der Waals surface area contributed by atoms with Crippen LogP contribution in [0.15, 0.2) is 41.0 Å². The van der Waals surface area contributed by atoms with Gasteiger partial charge in [0.15, 0.2) is 0 Å². The number of hydrogen-bond donors (Lipinski definition) is 1. The number of hydrogen-bond acceptors (Lipinski definition) is 6. The van der Waals surface area contributed by atoms with E-state index in [0.29, 0.717) is 17.4 Å². The largest absolute Gasteiger partial charge is 0.432 e. The Morgan fingerprint density at radius 2 is 1.86 bits per heavy atom. The van der Waals surface area contributed by atoms with Crippen molar-refractivity contribution in [3.05, 3.63) is 36.6 Å². The fraction of sp³-hybridized carbons (Fsp3) is 0.476. The van der Waals surface area contributed by atoms with E-state index in [4.69, 9.17) is 18.6 Å². The smallest absolute Gasteiger partial charge is 0.291 e. The molecule has 148 valence electrons. The van der Waals surface area contributed by atoms with E-state index in [0.717, 1.165) is 51.3 Å². The van der Waals surface area contributed by atoms with Crippen molar-refractivity contribution in [2.45, 2.75) is 24.9 Å². The van der Waals surface area contributed by atoms with Gasteiger partial charge in [0, 0.05) is 32.0 Å². The van der Waals surface area contributed by atoms with Gasteiger partial charge in [0.1, 0.15) is 12.0 Å². The Morgan fingerprint density at radius 3 is 2.54 bits per heavy atom. The Bertz CT molecular complexity index is 849. The Morgan fingerprint density at radius 1 is 1.14 bits per heavy atom. The molecule has 7 heteroatoms. The highest BCUT2D eigenvalue weighted by molar-refractivity contribution is 5.98. The van der Waals surface area contributed by atoms with Crippen LogP contribution >= 0.6 is 0 Å². The molecule has 28 heavy (non-hydrogen) atoms. The van der Waals surface area contributed by atoms with Gasteiger partial charge >= 0.3 is 0 Å². The summed E-state index contributed by atoms with van der Waals surface area (Å²) in [5.41, 5.74) is 1.45. The van der Waals surface area contributed by atoms with Gasteiger partial charge in [-0.25, -0.2) is 0 Å². The van der Waals surface area contributed by atoms with Crippen molar-refractivity contribution < 1.29 is 23.4 Å². The molecule has 2 heterocycles. The zero-order valence-electron chi connectivity index (χ0n) is 15.9. The summed E-state index contributed by atoms with van der Waals surface area (Å²) in [7, 11) is 1.72. The van der Waals surface area contributed by atoms with E-state index in [1.54, 1.807) is 13.2 Å². The average Bonchev–Trinajstić information content (AvgIpc) is 3.08. The van der Waals surface area contributed by atoms with Gasteiger partial charge in [-0.15, -0.1) is 0 Å². The van der Waals surface area contributed by atoms with Crippen LogP contribution in [0.4, 0.5) is 11.4 Å². The molecule has 6 rings (SSSR count). The van der Waals surface area contributed by atoms with Crippen LogP contribution in [0.2, 0.25) is 0 Å². The summed E-state index contributed by atoms with van der Waals surface area (Å²) < 4.78 is 22.1. The Balaban J connectivity index is 1.17. The molecular formula is C21H24N2O5. The Kier molecular flexibility index (Phi) is 4.10. The molecule has 0 spiro atoms. The number of rotatable bonds is 6. The molecule has 1 N–H and O–H groups in total. The second-order valence-corrected chi connectivity index (χ2v) is 8.00. The molecule has 2 bridgehead atoms.